The van der Waals surface area contributed by atoms with E-state index in [1.54, 1.807) is 0 Å². The molecule has 1 unspecified atom stereocenters. The monoisotopic (exact) mass is 232 g/mol. The summed E-state index contributed by atoms with van der Waals surface area (Å²) in [4.78, 5) is 25.0. The van der Waals surface area contributed by atoms with Gasteiger partial charge in [-0.3, -0.25) is 14.5 Å². The summed E-state index contributed by atoms with van der Waals surface area (Å²) in [5.74, 6) is -0.229. The average Bonchev–Trinajstić information content (AvgIpc) is 2.55. The lowest BCUT2D eigenvalue weighted by molar-refractivity contribution is -0.140. The molecule has 1 N–H and O–H groups in total. The lowest BCUT2D eigenvalue weighted by Gasteiger charge is -2.19. The molecule has 0 aromatic heterocycles. The van der Waals surface area contributed by atoms with Crippen LogP contribution >= 0.6 is 0 Å². The molecule has 0 spiro atoms. The summed E-state index contributed by atoms with van der Waals surface area (Å²) in [5, 5.41) is 3.09. The third-order valence-corrected chi connectivity index (χ3v) is 2.81. The van der Waals surface area contributed by atoms with Crippen LogP contribution in [0.15, 0.2) is 30.3 Å². The number of hydrogen-bond donors (Lipinski definition) is 1. The van der Waals surface area contributed by atoms with Crippen LogP contribution < -0.4 is 5.32 Å². The highest BCUT2D eigenvalue weighted by Gasteiger charge is 2.39. The van der Waals surface area contributed by atoms with Crippen molar-refractivity contribution >= 4 is 17.5 Å². The second-order valence-electron chi connectivity index (χ2n) is 4.46. The lowest BCUT2D eigenvalue weighted by Crippen LogP contribution is -2.39. The van der Waals surface area contributed by atoms with Crippen LogP contribution in [0.3, 0.4) is 0 Å². The summed E-state index contributed by atoms with van der Waals surface area (Å²) in [6.07, 6.45) is 0.242. The number of nitrogens with one attached hydrogen (secondary N) is 1. The number of carbonyl (C=O) groups excluding carboxylic acids is 2. The van der Waals surface area contributed by atoms with Gasteiger partial charge in [0.15, 0.2) is 0 Å². The topological polar surface area (TPSA) is 49.4 Å². The van der Waals surface area contributed by atoms with Crippen molar-refractivity contribution in [1.29, 1.82) is 0 Å². The van der Waals surface area contributed by atoms with E-state index in [9.17, 15) is 9.59 Å². The first-order valence-corrected chi connectivity index (χ1v) is 5.77. The van der Waals surface area contributed by atoms with Crippen LogP contribution in [0.25, 0.3) is 0 Å². The Kier molecular flexibility index (Phi) is 3.13. The van der Waals surface area contributed by atoms with Gasteiger partial charge in [-0.1, -0.05) is 18.2 Å². The molecule has 90 valence electrons. The van der Waals surface area contributed by atoms with Crippen molar-refractivity contribution < 1.29 is 9.59 Å². The highest BCUT2D eigenvalue weighted by molar-refractivity contribution is 6.07. The van der Waals surface area contributed by atoms with Crippen molar-refractivity contribution in [2.45, 2.75) is 32.4 Å². The van der Waals surface area contributed by atoms with Crippen LogP contribution in [0.1, 0.15) is 20.3 Å². The third kappa shape index (κ3) is 2.30. The normalized spacial score (nSPS) is 20.2. The Morgan fingerprint density at radius 2 is 1.88 bits per heavy atom. The van der Waals surface area contributed by atoms with Gasteiger partial charge in [0.25, 0.3) is 5.91 Å². The molecule has 1 aliphatic heterocycles. The van der Waals surface area contributed by atoms with Crippen LogP contribution in [0, 0.1) is 0 Å². The summed E-state index contributed by atoms with van der Waals surface area (Å²) in [5.41, 5.74) is 0.865. The molecule has 1 heterocycles. The van der Waals surface area contributed by atoms with Gasteiger partial charge >= 0.3 is 0 Å². The number of amides is 2. The molecule has 2 amide bonds. The maximum atomic E-state index is 12.0. The van der Waals surface area contributed by atoms with Gasteiger partial charge in [0, 0.05) is 11.7 Å². The Morgan fingerprint density at radius 1 is 1.24 bits per heavy atom. The molecule has 0 saturated carbocycles. The fourth-order valence-corrected chi connectivity index (χ4v) is 2.04. The standard InChI is InChI=1S/C13H16N2O2/c1-9(2)15-12(16)8-11(13(15)17)14-10-6-4-3-5-7-10/h3-7,9,11,14H,8H2,1-2H3. The van der Waals surface area contributed by atoms with Crippen LogP contribution in [0.4, 0.5) is 5.69 Å². The molecule has 0 bridgehead atoms. The van der Waals surface area contributed by atoms with Gasteiger partial charge in [0.1, 0.15) is 6.04 Å². The lowest BCUT2D eigenvalue weighted by atomic mass is 10.2. The first-order chi connectivity index (χ1) is 8.09. The van der Waals surface area contributed by atoms with Crippen LogP contribution in [0.5, 0.6) is 0 Å². The highest BCUT2D eigenvalue weighted by atomic mass is 16.2. The van der Waals surface area contributed by atoms with Gasteiger partial charge < -0.3 is 5.32 Å². The number of anilines is 1. The molecule has 1 aliphatic rings. The van der Waals surface area contributed by atoms with E-state index in [0.29, 0.717) is 0 Å². The van der Waals surface area contributed by atoms with E-state index in [0.717, 1.165) is 5.69 Å². The molecule has 1 saturated heterocycles. The maximum absolute atomic E-state index is 12.0. The second kappa shape index (κ2) is 4.57. The predicted octanol–water partition coefficient (Wildman–Crippen LogP) is 1.63. The number of benzene rings is 1. The van der Waals surface area contributed by atoms with Crippen LogP contribution in [0.2, 0.25) is 0 Å². The van der Waals surface area contributed by atoms with Gasteiger partial charge in [0.2, 0.25) is 5.91 Å². The number of imide groups is 1. The fraction of sp³-hybridized carbons (Fsp3) is 0.385. The minimum absolute atomic E-state index is 0.0717. The first-order valence-electron chi connectivity index (χ1n) is 5.77. The zero-order chi connectivity index (χ0) is 12.4. The summed E-state index contributed by atoms with van der Waals surface area (Å²) in [6.45, 7) is 3.70. The van der Waals surface area contributed by atoms with Gasteiger partial charge in [-0.2, -0.15) is 0 Å². The SMILES string of the molecule is CC(C)N1C(=O)CC(Nc2ccccc2)C1=O. The zero-order valence-electron chi connectivity index (χ0n) is 10.0. The molecule has 1 atom stereocenters. The van der Waals surface area contributed by atoms with E-state index < -0.39 is 6.04 Å². The predicted molar refractivity (Wildman–Crippen MR) is 65.5 cm³/mol. The number of rotatable bonds is 3. The van der Waals surface area contributed by atoms with Crippen molar-refractivity contribution in [3.63, 3.8) is 0 Å². The van der Waals surface area contributed by atoms with Gasteiger partial charge in [-0.25, -0.2) is 0 Å². The molecule has 2 rings (SSSR count). The van der Waals surface area contributed by atoms with Crippen molar-refractivity contribution in [1.82, 2.24) is 4.90 Å². The number of hydrogen-bond acceptors (Lipinski definition) is 3. The Hall–Kier alpha value is -1.84. The largest absolute Gasteiger partial charge is 0.373 e. The molecule has 1 fully saturated rings. The van der Waals surface area contributed by atoms with Gasteiger partial charge in [0.05, 0.1) is 6.42 Å². The van der Waals surface area contributed by atoms with Crippen LogP contribution in [-0.2, 0) is 9.59 Å². The molecule has 1 aromatic rings. The first kappa shape index (κ1) is 11.6. The number of carbonyl (C=O) groups is 2. The Morgan fingerprint density at radius 3 is 2.41 bits per heavy atom. The van der Waals surface area contributed by atoms with E-state index in [1.165, 1.54) is 4.90 Å². The van der Waals surface area contributed by atoms with Crippen LogP contribution in [-0.4, -0.2) is 28.8 Å². The van der Waals surface area contributed by atoms with E-state index >= 15 is 0 Å². The fourth-order valence-electron chi connectivity index (χ4n) is 2.04. The molecule has 17 heavy (non-hydrogen) atoms. The molecule has 0 radical (unpaired) electrons. The maximum Gasteiger partial charge on any atom is 0.252 e. The molecule has 0 aliphatic carbocycles. The smallest absolute Gasteiger partial charge is 0.252 e. The summed E-state index contributed by atoms with van der Waals surface area (Å²) in [6, 6.07) is 8.97. The van der Waals surface area contributed by atoms with Crippen molar-refractivity contribution in [3.8, 4) is 0 Å². The Labute approximate surface area is 101 Å². The van der Waals surface area contributed by atoms with E-state index in [4.69, 9.17) is 0 Å². The summed E-state index contributed by atoms with van der Waals surface area (Å²) in [7, 11) is 0. The molecule has 4 heteroatoms. The van der Waals surface area contributed by atoms with E-state index in [-0.39, 0.29) is 24.3 Å². The number of para-hydroxylation sites is 1. The van der Waals surface area contributed by atoms with Crippen molar-refractivity contribution in [2.24, 2.45) is 0 Å². The second-order valence-corrected chi connectivity index (χ2v) is 4.46. The third-order valence-electron chi connectivity index (χ3n) is 2.81. The van der Waals surface area contributed by atoms with E-state index in [1.807, 2.05) is 44.2 Å². The molecule has 4 nitrogen and oxygen atoms in total. The molecular weight excluding hydrogens is 216 g/mol. The minimum atomic E-state index is -0.424. The molecule has 1 aromatic carbocycles. The quantitative estimate of drug-likeness (QED) is 0.806. The Balaban J connectivity index is 2.10. The van der Waals surface area contributed by atoms with Gasteiger partial charge in [-0.15, -0.1) is 0 Å². The minimum Gasteiger partial charge on any atom is -0.373 e. The van der Waals surface area contributed by atoms with Crippen molar-refractivity contribution in [2.75, 3.05) is 5.32 Å². The summed E-state index contributed by atoms with van der Waals surface area (Å²) >= 11 is 0. The number of likely N-dealkylation sites (tertiary alicyclic amines) is 1. The molecular formula is C13H16N2O2. The van der Waals surface area contributed by atoms with Gasteiger partial charge in [-0.05, 0) is 26.0 Å². The van der Waals surface area contributed by atoms with Crippen molar-refractivity contribution in [3.05, 3.63) is 30.3 Å². The van der Waals surface area contributed by atoms with E-state index in [2.05, 4.69) is 5.32 Å². The Bertz CT molecular complexity index is 428. The zero-order valence-corrected chi connectivity index (χ0v) is 10.0. The average molecular weight is 232 g/mol. The summed E-state index contributed by atoms with van der Waals surface area (Å²) < 4.78 is 0. The number of nitrogens with zero attached hydrogens (tertiary/aromatic N) is 1. The highest BCUT2D eigenvalue weighted by Crippen LogP contribution is 2.20.